The van der Waals surface area contributed by atoms with Crippen LogP contribution in [-0.2, 0) is 14.8 Å². The number of unbranched alkanes of at least 4 members (excludes halogenated alkanes) is 1. The summed E-state index contributed by atoms with van der Waals surface area (Å²) in [6.07, 6.45) is 1.90. The third-order valence-electron chi connectivity index (χ3n) is 3.27. The van der Waals surface area contributed by atoms with Crippen LogP contribution in [0.2, 0.25) is 0 Å². The molecule has 22 heavy (non-hydrogen) atoms. The molecule has 0 saturated heterocycles. The van der Waals surface area contributed by atoms with Crippen molar-refractivity contribution in [3.63, 3.8) is 0 Å². The Hall–Kier alpha value is -1.60. The first kappa shape index (κ1) is 18.4. The molecular formula is C15H24N2O4S. The Bertz CT molecular complexity index is 570. The lowest BCUT2D eigenvalue weighted by Crippen LogP contribution is -2.38. The van der Waals surface area contributed by atoms with Crippen molar-refractivity contribution in [3.05, 3.63) is 24.3 Å². The topological polar surface area (TPSA) is 75.7 Å². The van der Waals surface area contributed by atoms with Gasteiger partial charge in [-0.05, 0) is 30.7 Å². The molecule has 0 bridgehead atoms. The molecule has 1 amide bonds. The fourth-order valence-corrected chi connectivity index (χ4v) is 2.95. The standard InChI is InChI=1S/C15H24N2O4S/c1-4-5-11-17(13(2)18)12-10-16-22(19,20)15-8-6-14(21-3)7-9-15/h6-9,16H,4-5,10-12H2,1-3H3. The minimum absolute atomic E-state index is 0.0444. The first-order chi connectivity index (χ1) is 10.4. The molecule has 0 heterocycles. The molecule has 124 valence electrons. The van der Waals surface area contributed by atoms with Crippen LogP contribution in [0, 0.1) is 0 Å². The number of amides is 1. The summed E-state index contributed by atoms with van der Waals surface area (Å²) in [5, 5.41) is 0. The second kappa shape index (κ2) is 8.75. The molecule has 6 nitrogen and oxygen atoms in total. The predicted molar refractivity (Wildman–Crippen MR) is 85.3 cm³/mol. The summed E-state index contributed by atoms with van der Waals surface area (Å²) < 4.78 is 31.8. The van der Waals surface area contributed by atoms with Gasteiger partial charge in [0.05, 0.1) is 12.0 Å². The summed E-state index contributed by atoms with van der Waals surface area (Å²) in [7, 11) is -2.05. The van der Waals surface area contributed by atoms with Gasteiger partial charge in [-0.1, -0.05) is 13.3 Å². The first-order valence-corrected chi connectivity index (χ1v) is 8.78. The smallest absolute Gasteiger partial charge is 0.240 e. The van der Waals surface area contributed by atoms with Crippen molar-refractivity contribution < 1.29 is 17.9 Å². The molecule has 0 fully saturated rings. The Morgan fingerprint density at radius 2 is 1.86 bits per heavy atom. The number of methoxy groups -OCH3 is 1. The number of carbonyl (C=O) groups excluding carboxylic acids is 1. The average Bonchev–Trinajstić information content (AvgIpc) is 2.50. The molecule has 0 aromatic heterocycles. The van der Waals surface area contributed by atoms with E-state index in [2.05, 4.69) is 4.72 Å². The number of hydrogen-bond donors (Lipinski definition) is 1. The molecule has 1 N–H and O–H groups in total. The second-order valence-corrected chi connectivity index (χ2v) is 6.70. The number of rotatable bonds is 9. The van der Waals surface area contributed by atoms with Gasteiger partial charge in [-0.25, -0.2) is 13.1 Å². The molecule has 0 radical (unpaired) electrons. The zero-order chi connectivity index (χ0) is 16.6. The van der Waals surface area contributed by atoms with Gasteiger partial charge in [-0.15, -0.1) is 0 Å². The van der Waals surface area contributed by atoms with E-state index >= 15 is 0 Å². The van der Waals surface area contributed by atoms with Crippen LogP contribution in [0.25, 0.3) is 0 Å². The van der Waals surface area contributed by atoms with E-state index in [9.17, 15) is 13.2 Å². The van der Waals surface area contributed by atoms with Gasteiger partial charge >= 0.3 is 0 Å². The van der Waals surface area contributed by atoms with Crippen LogP contribution in [-0.4, -0.2) is 46.0 Å². The number of ether oxygens (including phenoxy) is 1. The normalized spacial score (nSPS) is 11.2. The van der Waals surface area contributed by atoms with E-state index in [0.717, 1.165) is 12.8 Å². The molecule has 0 atom stereocenters. The highest BCUT2D eigenvalue weighted by molar-refractivity contribution is 7.89. The van der Waals surface area contributed by atoms with E-state index in [-0.39, 0.29) is 17.3 Å². The molecule has 1 aromatic carbocycles. The van der Waals surface area contributed by atoms with Crippen LogP contribution >= 0.6 is 0 Å². The number of nitrogens with one attached hydrogen (secondary N) is 1. The largest absolute Gasteiger partial charge is 0.497 e. The molecule has 0 spiro atoms. The number of carbonyl (C=O) groups is 1. The van der Waals surface area contributed by atoms with Gasteiger partial charge in [0.1, 0.15) is 5.75 Å². The highest BCUT2D eigenvalue weighted by Gasteiger charge is 2.15. The SMILES string of the molecule is CCCCN(CCNS(=O)(=O)c1ccc(OC)cc1)C(C)=O. The van der Waals surface area contributed by atoms with E-state index < -0.39 is 10.0 Å². The van der Waals surface area contributed by atoms with Gasteiger partial charge in [-0.3, -0.25) is 4.79 Å². The van der Waals surface area contributed by atoms with Gasteiger partial charge in [0.25, 0.3) is 0 Å². The minimum atomic E-state index is -3.57. The first-order valence-electron chi connectivity index (χ1n) is 7.30. The molecule has 1 aromatic rings. The predicted octanol–water partition coefficient (Wildman–Crippen LogP) is 1.62. The third-order valence-corrected chi connectivity index (χ3v) is 4.75. The van der Waals surface area contributed by atoms with Crippen molar-refractivity contribution in [1.82, 2.24) is 9.62 Å². The lowest BCUT2D eigenvalue weighted by atomic mass is 10.3. The van der Waals surface area contributed by atoms with Gasteiger partial charge in [0.2, 0.25) is 15.9 Å². The lowest BCUT2D eigenvalue weighted by molar-refractivity contribution is -0.128. The second-order valence-electron chi connectivity index (χ2n) is 4.93. The minimum Gasteiger partial charge on any atom is -0.497 e. The Labute approximate surface area is 132 Å². The maximum atomic E-state index is 12.1. The van der Waals surface area contributed by atoms with Crippen LogP contribution in [0.4, 0.5) is 0 Å². The Balaban J connectivity index is 2.58. The summed E-state index contributed by atoms with van der Waals surface area (Å²) >= 11 is 0. The maximum absolute atomic E-state index is 12.1. The molecule has 0 unspecified atom stereocenters. The Kier molecular flexibility index (Phi) is 7.34. The highest BCUT2D eigenvalue weighted by Crippen LogP contribution is 2.15. The summed E-state index contributed by atoms with van der Waals surface area (Å²) in [6.45, 7) is 4.75. The van der Waals surface area contributed by atoms with Crippen LogP contribution < -0.4 is 9.46 Å². The van der Waals surface area contributed by atoms with Gasteiger partial charge in [0, 0.05) is 26.6 Å². The molecule has 1 rings (SSSR count). The van der Waals surface area contributed by atoms with E-state index in [4.69, 9.17) is 4.74 Å². The number of benzene rings is 1. The molecular weight excluding hydrogens is 304 g/mol. The third kappa shape index (κ3) is 5.65. The zero-order valence-corrected chi connectivity index (χ0v) is 14.1. The summed E-state index contributed by atoms with van der Waals surface area (Å²) in [4.78, 5) is 13.3. The molecule has 0 saturated carbocycles. The van der Waals surface area contributed by atoms with Crippen molar-refractivity contribution in [3.8, 4) is 5.75 Å². The quantitative estimate of drug-likeness (QED) is 0.747. The van der Waals surface area contributed by atoms with Crippen molar-refractivity contribution in [2.45, 2.75) is 31.6 Å². The van der Waals surface area contributed by atoms with Crippen molar-refractivity contribution in [1.29, 1.82) is 0 Å². The average molecular weight is 328 g/mol. The van der Waals surface area contributed by atoms with Gasteiger partial charge in [0.15, 0.2) is 0 Å². The molecule has 0 aliphatic rings. The van der Waals surface area contributed by atoms with E-state index in [0.29, 0.717) is 18.8 Å². The number of nitrogens with zero attached hydrogens (tertiary/aromatic N) is 1. The van der Waals surface area contributed by atoms with Crippen molar-refractivity contribution >= 4 is 15.9 Å². The Morgan fingerprint density at radius 3 is 2.36 bits per heavy atom. The Morgan fingerprint density at radius 1 is 1.23 bits per heavy atom. The van der Waals surface area contributed by atoms with Crippen LogP contribution in [0.5, 0.6) is 5.75 Å². The summed E-state index contributed by atoms with van der Waals surface area (Å²) in [6, 6.07) is 6.16. The molecule has 0 aliphatic heterocycles. The molecule has 0 aliphatic carbocycles. The van der Waals surface area contributed by atoms with E-state index in [1.807, 2.05) is 6.92 Å². The number of hydrogen-bond acceptors (Lipinski definition) is 4. The molecule has 7 heteroatoms. The van der Waals surface area contributed by atoms with E-state index in [1.165, 1.54) is 26.2 Å². The maximum Gasteiger partial charge on any atom is 0.240 e. The zero-order valence-electron chi connectivity index (χ0n) is 13.3. The highest BCUT2D eigenvalue weighted by atomic mass is 32.2. The number of sulfonamides is 1. The fraction of sp³-hybridized carbons (Fsp3) is 0.533. The lowest BCUT2D eigenvalue weighted by Gasteiger charge is -2.20. The fourth-order valence-electron chi connectivity index (χ4n) is 1.93. The van der Waals surface area contributed by atoms with E-state index in [1.54, 1.807) is 17.0 Å². The monoisotopic (exact) mass is 328 g/mol. The van der Waals surface area contributed by atoms with Crippen LogP contribution in [0.15, 0.2) is 29.2 Å². The van der Waals surface area contributed by atoms with Gasteiger partial charge < -0.3 is 9.64 Å². The summed E-state index contributed by atoms with van der Waals surface area (Å²) in [5.74, 6) is 0.554. The van der Waals surface area contributed by atoms with Gasteiger partial charge in [-0.2, -0.15) is 0 Å². The van der Waals surface area contributed by atoms with Crippen molar-refractivity contribution in [2.75, 3.05) is 26.7 Å². The van der Waals surface area contributed by atoms with Crippen molar-refractivity contribution in [2.24, 2.45) is 0 Å². The van der Waals surface area contributed by atoms with Crippen LogP contribution in [0.3, 0.4) is 0 Å². The summed E-state index contributed by atoms with van der Waals surface area (Å²) in [5.41, 5.74) is 0. The van der Waals surface area contributed by atoms with Crippen LogP contribution in [0.1, 0.15) is 26.7 Å².